The van der Waals surface area contributed by atoms with E-state index in [1.165, 1.54) is 11.3 Å². The van der Waals surface area contributed by atoms with E-state index in [1.54, 1.807) is 16.5 Å². The third-order valence-corrected chi connectivity index (χ3v) is 3.97. The van der Waals surface area contributed by atoms with Gasteiger partial charge in [0.2, 0.25) is 11.8 Å². The molecule has 0 aliphatic rings. The maximum absolute atomic E-state index is 12.3. The minimum absolute atomic E-state index is 0.0317. The minimum Gasteiger partial charge on any atom is -0.382 e. The Morgan fingerprint density at radius 3 is 2.78 bits per heavy atom. The average Bonchev–Trinajstić information content (AvgIpc) is 3.03. The van der Waals surface area contributed by atoms with Gasteiger partial charge in [0.15, 0.2) is 5.13 Å². The summed E-state index contributed by atoms with van der Waals surface area (Å²) >= 11 is 1.36. The van der Waals surface area contributed by atoms with E-state index in [9.17, 15) is 9.59 Å². The molecule has 7 heteroatoms. The zero-order valence-electron chi connectivity index (χ0n) is 14.0. The SMILES string of the molecule is CCCCCC(=O)N(CCCOCC)CC(=O)Nc1nccs1. The molecule has 0 bridgehead atoms. The van der Waals surface area contributed by atoms with Crippen molar-refractivity contribution >= 4 is 28.3 Å². The zero-order chi connectivity index (χ0) is 16.9. The highest BCUT2D eigenvalue weighted by Gasteiger charge is 2.17. The lowest BCUT2D eigenvalue weighted by molar-refractivity contribution is -0.135. The first-order chi connectivity index (χ1) is 11.2. The third-order valence-electron chi connectivity index (χ3n) is 3.28. The fourth-order valence-electron chi connectivity index (χ4n) is 2.10. The molecular formula is C16H27N3O3S. The molecule has 1 heterocycles. The number of aromatic nitrogens is 1. The number of amides is 2. The molecule has 1 aromatic rings. The van der Waals surface area contributed by atoms with Gasteiger partial charge < -0.3 is 15.0 Å². The van der Waals surface area contributed by atoms with E-state index in [-0.39, 0.29) is 18.4 Å². The summed E-state index contributed by atoms with van der Waals surface area (Å²) in [5, 5.41) is 5.07. The highest BCUT2D eigenvalue weighted by Crippen LogP contribution is 2.10. The fourth-order valence-corrected chi connectivity index (χ4v) is 2.64. The lowest BCUT2D eigenvalue weighted by atomic mass is 10.2. The Labute approximate surface area is 142 Å². The van der Waals surface area contributed by atoms with Crippen molar-refractivity contribution in [3.8, 4) is 0 Å². The minimum atomic E-state index is -0.208. The molecule has 2 amide bonds. The summed E-state index contributed by atoms with van der Waals surface area (Å²) in [6.07, 6.45) is 5.83. The van der Waals surface area contributed by atoms with Crippen LogP contribution in [0.5, 0.6) is 0 Å². The summed E-state index contributed by atoms with van der Waals surface area (Å²) in [5.74, 6) is -0.176. The van der Waals surface area contributed by atoms with Crippen LogP contribution in [0.3, 0.4) is 0 Å². The summed E-state index contributed by atoms with van der Waals surface area (Å²) < 4.78 is 5.31. The van der Waals surface area contributed by atoms with Gasteiger partial charge in [-0.2, -0.15) is 0 Å². The van der Waals surface area contributed by atoms with Crippen LogP contribution in [0.2, 0.25) is 0 Å². The van der Waals surface area contributed by atoms with E-state index in [2.05, 4.69) is 17.2 Å². The number of carbonyl (C=O) groups excluding carboxylic acids is 2. The van der Waals surface area contributed by atoms with Gasteiger partial charge in [-0.25, -0.2) is 4.98 Å². The largest absolute Gasteiger partial charge is 0.382 e. The summed E-state index contributed by atoms with van der Waals surface area (Å²) in [4.78, 5) is 30.0. The van der Waals surface area contributed by atoms with Gasteiger partial charge in [-0.1, -0.05) is 19.8 Å². The number of unbranched alkanes of at least 4 members (excludes halogenated alkanes) is 2. The van der Waals surface area contributed by atoms with Crippen LogP contribution in [0, 0.1) is 0 Å². The van der Waals surface area contributed by atoms with Crippen molar-refractivity contribution < 1.29 is 14.3 Å². The molecule has 6 nitrogen and oxygen atoms in total. The predicted octanol–water partition coefficient (Wildman–Crippen LogP) is 2.92. The summed E-state index contributed by atoms with van der Waals surface area (Å²) in [7, 11) is 0. The highest BCUT2D eigenvalue weighted by atomic mass is 32.1. The molecule has 0 atom stereocenters. The first-order valence-electron chi connectivity index (χ1n) is 8.22. The number of hydrogen-bond acceptors (Lipinski definition) is 5. The molecule has 0 aromatic carbocycles. The fraction of sp³-hybridized carbons (Fsp3) is 0.688. The van der Waals surface area contributed by atoms with Crippen molar-refractivity contribution in [1.82, 2.24) is 9.88 Å². The number of ether oxygens (including phenoxy) is 1. The van der Waals surface area contributed by atoms with Gasteiger partial charge in [0, 0.05) is 37.8 Å². The van der Waals surface area contributed by atoms with Gasteiger partial charge in [-0.15, -0.1) is 11.3 Å². The summed E-state index contributed by atoms with van der Waals surface area (Å²) in [6.45, 7) is 5.91. The van der Waals surface area contributed by atoms with Crippen LogP contribution < -0.4 is 5.32 Å². The number of nitrogens with zero attached hydrogens (tertiary/aromatic N) is 2. The van der Waals surface area contributed by atoms with Crippen LogP contribution in [0.15, 0.2) is 11.6 Å². The van der Waals surface area contributed by atoms with Crippen LogP contribution in [-0.4, -0.2) is 48.0 Å². The Kier molecular flexibility index (Phi) is 10.2. The van der Waals surface area contributed by atoms with E-state index in [0.717, 1.165) is 25.7 Å². The number of nitrogens with one attached hydrogen (secondary N) is 1. The van der Waals surface area contributed by atoms with E-state index < -0.39 is 0 Å². The van der Waals surface area contributed by atoms with Crippen LogP contribution in [-0.2, 0) is 14.3 Å². The quantitative estimate of drug-likeness (QED) is 0.593. The van der Waals surface area contributed by atoms with E-state index in [0.29, 0.717) is 31.3 Å². The number of thiazole rings is 1. The zero-order valence-corrected chi connectivity index (χ0v) is 14.9. The number of hydrogen-bond donors (Lipinski definition) is 1. The van der Waals surface area contributed by atoms with Gasteiger partial charge in [0.25, 0.3) is 0 Å². The Hall–Kier alpha value is -1.47. The van der Waals surface area contributed by atoms with Crippen molar-refractivity contribution in [2.24, 2.45) is 0 Å². The normalized spacial score (nSPS) is 10.5. The lowest BCUT2D eigenvalue weighted by Crippen LogP contribution is -2.39. The first-order valence-corrected chi connectivity index (χ1v) is 9.10. The van der Waals surface area contributed by atoms with E-state index >= 15 is 0 Å². The number of rotatable bonds is 12. The molecule has 1 N–H and O–H groups in total. The van der Waals surface area contributed by atoms with Gasteiger partial charge in [-0.3, -0.25) is 9.59 Å². The van der Waals surface area contributed by atoms with E-state index in [4.69, 9.17) is 4.74 Å². The van der Waals surface area contributed by atoms with Crippen LogP contribution in [0.4, 0.5) is 5.13 Å². The Balaban J connectivity index is 2.47. The lowest BCUT2D eigenvalue weighted by Gasteiger charge is -2.22. The smallest absolute Gasteiger partial charge is 0.245 e. The third kappa shape index (κ3) is 8.66. The summed E-state index contributed by atoms with van der Waals surface area (Å²) in [5.41, 5.74) is 0. The topological polar surface area (TPSA) is 71.5 Å². The molecule has 0 spiro atoms. The monoisotopic (exact) mass is 341 g/mol. The van der Waals surface area contributed by atoms with Crippen molar-refractivity contribution in [3.63, 3.8) is 0 Å². The molecule has 1 aromatic heterocycles. The molecule has 0 unspecified atom stereocenters. The molecule has 23 heavy (non-hydrogen) atoms. The Bertz CT molecular complexity index is 451. The van der Waals surface area contributed by atoms with Gasteiger partial charge >= 0.3 is 0 Å². The second-order valence-corrected chi connectivity index (χ2v) is 6.10. The van der Waals surface area contributed by atoms with Crippen molar-refractivity contribution in [1.29, 1.82) is 0 Å². The number of anilines is 1. The maximum Gasteiger partial charge on any atom is 0.245 e. The standard InChI is InChI=1S/C16H27N3O3S/c1-3-5-6-8-15(21)19(10-7-11-22-4-2)13-14(20)18-16-17-9-12-23-16/h9,12H,3-8,10-11,13H2,1-2H3,(H,17,18,20). The summed E-state index contributed by atoms with van der Waals surface area (Å²) in [6, 6.07) is 0. The average molecular weight is 341 g/mol. The van der Waals surface area contributed by atoms with Crippen molar-refractivity contribution in [2.75, 3.05) is 31.6 Å². The van der Waals surface area contributed by atoms with Gasteiger partial charge in [-0.05, 0) is 19.8 Å². The predicted molar refractivity (Wildman–Crippen MR) is 92.6 cm³/mol. The molecule has 0 saturated carbocycles. The molecular weight excluding hydrogens is 314 g/mol. The molecule has 0 radical (unpaired) electrons. The highest BCUT2D eigenvalue weighted by molar-refractivity contribution is 7.13. The maximum atomic E-state index is 12.3. The van der Waals surface area contributed by atoms with E-state index in [1.807, 2.05) is 6.92 Å². The van der Waals surface area contributed by atoms with Crippen molar-refractivity contribution in [3.05, 3.63) is 11.6 Å². The molecule has 0 saturated heterocycles. The molecule has 0 aliphatic heterocycles. The first kappa shape index (κ1) is 19.6. The number of carbonyl (C=O) groups is 2. The van der Waals surface area contributed by atoms with Gasteiger partial charge in [0.05, 0.1) is 6.54 Å². The Morgan fingerprint density at radius 2 is 2.13 bits per heavy atom. The molecule has 0 fully saturated rings. The van der Waals surface area contributed by atoms with Crippen LogP contribution in [0.1, 0.15) is 46.0 Å². The second kappa shape index (κ2) is 12.0. The second-order valence-electron chi connectivity index (χ2n) is 5.21. The van der Waals surface area contributed by atoms with Crippen LogP contribution in [0.25, 0.3) is 0 Å². The van der Waals surface area contributed by atoms with Crippen molar-refractivity contribution in [2.45, 2.75) is 46.0 Å². The Morgan fingerprint density at radius 1 is 1.30 bits per heavy atom. The molecule has 0 aliphatic carbocycles. The molecule has 130 valence electrons. The van der Waals surface area contributed by atoms with Crippen LogP contribution >= 0.6 is 11.3 Å². The van der Waals surface area contributed by atoms with Gasteiger partial charge in [0.1, 0.15) is 0 Å². The molecule has 1 rings (SSSR count).